The lowest BCUT2D eigenvalue weighted by Crippen LogP contribution is -2.00. The van der Waals surface area contributed by atoms with Gasteiger partial charge in [0.1, 0.15) is 0 Å². The molecule has 200 valence electrons. The fourth-order valence-electron chi connectivity index (χ4n) is 6.31. The van der Waals surface area contributed by atoms with Crippen LogP contribution in [0.25, 0.3) is 87.0 Å². The highest BCUT2D eigenvalue weighted by molar-refractivity contribution is 7.26. The lowest BCUT2D eigenvalue weighted by Gasteiger charge is -2.12. The Morgan fingerprint density at radius 1 is 0.372 bits per heavy atom. The molecule has 0 aliphatic heterocycles. The van der Waals surface area contributed by atoms with Crippen LogP contribution in [0.2, 0.25) is 0 Å². The molecular formula is C39H23N3S. The molecule has 0 bridgehead atoms. The van der Waals surface area contributed by atoms with Crippen molar-refractivity contribution in [2.45, 2.75) is 0 Å². The highest BCUT2D eigenvalue weighted by Gasteiger charge is 2.19. The summed E-state index contributed by atoms with van der Waals surface area (Å²) in [4.78, 5) is 14.8. The second-order valence-corrected chi connectivity index (χ2v) is 11.9. The molecule has 0 radical (unpaired) electrons. The van der Waals surface area contributed by atoms with E-state index in [1.807, 2.05) is 72.0 Å². The first kappa shape index (κ1) is 24.2. The summed E-state index contributed by atoms with van der Waals surface area (Å²) in [6.07, 6.45) is 0. The molecule has 0 unspecified atom stereocenters. The van der Waals surface area contributed by atoms with Gasteiger partial charge in [0.15, 0.2) is 17.5 Å². The van der Waals surface area contributed by atoms with Crippen LogP contribution in [0.15, 0.2) is 140 Å². The van der Waals surface area contributed by atoms with Crippen LogP contribution in [0, 0.1) is 0 Å². The molecule has 0 aliphatic carbocycles. The number of fused-ring (bicyclic) bond motifs is 3. The van der Waals surface area contributed by atoms with Crippen molar-refractivity contribution in [2.75, 3.05) is 0 Å². The fourth-order valence-corrected chi connectivity index (χ4v) is 7.60. The van der Waals surface area contributed by atoms with Crippen molar-refractivity contribution < 1.29 is 0 Å². The van der Waals surface area contributed by atoms with Crippen molar-refractivity contribution in [2.24, 2.45) is 0 Å². The van der Waals surface area contributed by atoms with Gasteiger partial charge < -0.3 is 0 Å². The second kappa shape index (κ2) is 9.55. The summed E-state index contributed by atoms with van der Waals surface area (Å²) >= 11 is 1.88. The maximum Gasteiger partial charge on any atom is 0.164 e. The zero-order chi connectivity index (χ0) is 28.3. The average molecular weight is 566 g/mol. The molecule has 3 nitrogen and oxygen atoms in total. The minimum absolute atomic E-state index is 0.663. The van der Waals surface area contributed by atoms with E-state index in [1.165, 1.54) is 47.3 Å². The van der Waals surface area contributed by atoms with E-state index < -0.39 is 0 Å². The first-order chi connectivity index (χ1) is 21.3. The number of hydrogen-bond acceptors (Lipinski definition) is 4. The zero-order valence-corrected chi connectivity index (χ0v) is 23.8. The second-order valence-electron chi connectivity index (χ2n) is 10.8. The fraction of sp³-hybridized carbons (Fsp3) is 0. The Balaban J connectivity index is 1.26. The lowest BCUT2D eigenvalue weighted by atomic mass is 9.92. The highest BCUT2D eigenvalue weighted by atomic mass is 32.1. The van der Waals surface area contributed by atoms with Crippen LogP contribution in [-0.2, 0) is 0 Å². The molecule has 7 aromatic carbocycles. The van der Waals surface area contributed by atoms with Crippen molar-refractivity contribution in [1.29, 1.82) is 0 Å². The van der Waals surface area contributed by atoms with Gasteiger partial charge in [0.2, 0.25) is 0 Å². The third kappa shape index (κ3) is 3.84. The van der Waals surface area contributed by atoms with Crippen LogP contribution in [0.1, 0.15) is 0 Å². The smallest absolute Gasteiger partial charge is 0.164 e. The third-order valence-corrected chi connectivity index (χ3v) is 9.47. The van der Waals surface area contributed by atoms with Crippen molar-refractivity contribution in [3.63, 3.8) is 0 Å². The van der Waals surface area contributed by atoms with Crippen LogP contribution in [0.4, 0.5) is 0 Å². The molecule has 9 aromatic rings. The van der Waals surface area contributed by atoms with Crippen LogP contribution in [-0.4, -0.2) is 15.0 Å². The van der Waals surface area contributed by atoms with E-state index in [4.69, 9.17) is 15.0 Å². The van der Waals surface area contributed by atoms with Gasteiger partial charge in [-0.15, -0.1) is 11.3 Å². The molecule has 4 heteroatoms. The molecule has 0 spiro atoms. The summed E-state index contributed by atoms with van der Waals surface area (Å²) in [6, 6.07) is 48.9. The summed E-state index contributed by atoms with van der Waals surface area (Å²) < 4.78 is 2.64. The van der Waals surface area contributed by atoms with E-state index in [-0.39, 0.29) is 0 Å². The van der Waals surface area contributed by atoms with Gasteiger partial charge in [0.05, 0.1) is 0 Å². The molecule has 0 atom stereocenters. The zero-order valence-electron chi connectivity index (χ0n) is 23.0. The topological polar surface area (TPSA) is 38.7 Å². The minimum Gasteiger partial charge on any atom is -0.208 e. The molecule has 0 aliphatic rings. The van der Waals surface area contributed by atoms with E-state index in [9.17, 15) is 0 Å². The van der Waals surface area contributed by atoms with Crippen molar-refractivity contribution >= 4 is 53.1 Å². The molecule has 9 rings (SSSR count). The van der Waals surface area contributed by atoms with Crippen LogP contribution in [0.3, 0.4) is 0 Å². The Bertz CT molecular complexity index is 2390. The monoisotopic (exact) mass is 565 g/mol. The summed E-state index contributed by atoms with van der Waals surface area (Å²) in [5.41, 5.74) is 5.28. The minimum atomic E-state index is 0.663. The van der Waals surface area contributed by atoms with Gasteiger partial charge in [0, 0.05) is 36.9 Å². The number of nitrogens with zero attached hydrogens (tertiary/aromatic N) is 3. The standard InChI is InChI=1S/C39H23N3S/c1-3-11-24(12-4-1)37-40-38(25-13-5-2-6-14-25)42-39(41-37)27-16-9-15-26(23-27)28-21-22-32-30-18-8-7-17-29(30)31-19-10-20-33-34(31)35(32)36(28)43-33/h1-23H. The van der Waals surface area contributed by atoms with Crippen molar-refractivity contribution in [3.8, 4) is 45.3 Å². The van der Waals surface area contributed by atoms with E-state index in [0.717, 1.165) is 22.3 Å². The summed E-state index contributed by atoms with van der Waals surface area (Å²) in [5.74, 6) is 2.00. The van der Waals surface area contributed by atoms with Gasteiger partial charge in [-0.3, -0.25) is 0 Å². The Hall–Kier alpha value is -5.45. The molecule has 0 saturated heterocycles. The molecule has 0 saturated carbocycles. The third-order valence-electron chi connectivity index (χ3n) is 8.28. The normalized spacial score (nSPS) is 11.7. The predicted molar refractivity (Wildman–Crippen MR) is 181 cm³/mol. The average Bonchev–Trinajstić information content (AvgIpc) is 3.49. The van der Waals surface area contributed by atoms with Crippen molar-refractivity contribution in [1.82, 2.24) is 15.0 Å². The van der Waals surface area contributed by atoms with Gasteiger partial charge in [-0.1, -0.05) is 127 Å². The molecule has 2 heterocycles. The maximum absolute atomic E-state index is 4.97. The SMILES string of the molecule is c1ccc(-c2nc(-c3ccccc3)nc(-c3cccc(-c4ccc5c6ccccc6c6cccc7sc4c5c76)c3)n2)cc1. The van der Waals surface area contributed by atoms with Gasteiger partial charge in [-0.2, -0.15) is 0 Å². The largest absolute Gasteiger partial charge is 0.208 e. The van der Waals surface area contributed by atoms with E-state index in [2.05, 4.69) is 78.9 Å². The van der Waals surface area contributed by atoms with Crippen molar-refractivity contribution in [3.05, 3.63) is 140 Å². The molecule has 0 fully saturated rings. The maximum atomic E-state index is 4.97. The Labute approximate surface area is 252 Å². The van der Waals surface area contributed by atoms with Gasteiger partial charge in [0.25, 0.3) is 0 Å². The Kier molecular flexibility index (Phi) is 5.37. The van der Waals surface area contributed by atoms with E-state index in [1.54, 1.807) is 0 Å². The summed E-state index contributed by atoms with van der Waals surface area (Å²) in [7, 11) is 0. The highest BCUT2D eigenvalue weighted by Crippen LogP contribution is 2.48. The molecule has 43 heavy (non-hydrogen) atoms. The molecule has 2 aromatic heterocycles. The first-order valence-electron chi connectivity index (χ1n) is 14.4. The molecule has 0 N–H and O–H groups in total. The first-order valence-corrected chi connectivity index (χ1v) is 15.2. The number of rotatable bonds is 4. The van der Waals surface area contributed by atoms with Crippen LogP contribution < -0.4 is 0 Å². The Morgan fingerprint density at radius 3 is 1.56 bits per heavy atom. The van der Waals surface area contributed by atoms with E-state index >= 15 is 0 Å². The molecule has 0 amide bonds. The van der Waals surface area contributed by atoms with Gasteiger partial charge in [-0.05, 0) is 44.8 Å². The van der Waals surface area contributed by atoms with E-state index in [0.29, 0.717) is 17.5 Å². The van der Waals surface area contributed by atoms with Crippen LogP contribution in [0.5, 0.6) is 0 Å². The summed E-state index contributed by atoms with van der Waals surface area (Å²) in [5, 5.41) is 7.98. The van der Waals surface area contributed by atoms with Gasteiger partial charge in [-0.25, -0.2) is 15.0 Å². The number of aromatic nitrogens is 3. The quantitative estimate of drug-likeness (QED) is 0.199. The summed E-state index contributed by atoms with van der Waals surface area (Å²) in [6.45, 7) is 0. The number of hydrogen-bond donors (Lipinski definition) is 0. The molecular weight excluding hydrogens is 543 g/mol. The van der Waals surface area contributed by atoms with Crippen LogP contribution >= 0.6 is 11.3 Å². The number of thiophene rings is 1. The lowest BCUT2D eigenvalue weighted by molar-refractivity contribution is 1.07. The predicted octanol–water partition coefficient (Wildman–Crippen LogP) is 10.7. The Morgan fingerprint density at radius 2 is 0.884 bits per heavy atom. The van der Waals surface area contributed by atoms with Gasteiger partial charge >= 0.3 is 0 Å². The number of benzene rings is 7.